The maximum Gasteiger partial charge on any atom is 0.222 e. The Morgan fingerprint density at radius 3 is 2.70 bits per heavy atom. The lowest BCUT2D eigenvalue weighted by molar-refractivity contribution is -0.124. The number of para-hydroxylation sites is 2. The fraction of sp³-hybridized carbons (Fsp3) is 0.500. The van der Waals surface area contributed by atoms with Crippen LogP contribution in [0, 0.1) is 5.92 Å². The Labute approximate surface area is 145 Å². The molecule has 23 heavy (non-hydrogen) atoms. The molecule has 0 bridgehead atoms. The van der Waals surface area contributed by atoms with Gasteiger partial charge in [0.25, 0.3) is 0 Å². The van der Waals surface area contributed by atoms with Crippen LogP contribution in [0.15, 0.2) is 24.3 Å². The molecule has 2 aromatic rings. The molecule has 0 aliphatic carbocycles. The molecule has 3 N–H and O–H groups in total. The van der Waals surface area contributed by atoms with Gasteiger partial charge in [-0.15, -0.1) is 23.2 Å². The number of hydrogen-bond donors (Lipinski definition) is 2. The van der Waals surface area contributed by atoms with Gasteiger partial charge in [-0.3, -0.25) is 9.69 Å². The molecule has 2 heterocycles. The van der Waals surface area contributed by atoms with Crippen molar-refractivity contribution in [1.82, 2.24) is 14.9 Å². The number of carbonyl (C=O) groups is 1. The van der Waals surface area contributed by atoms with Crippen LogP contribution in [0.25, 0.3) is 11.0 Å². The van der Waals surface area contributed by atoms with E-state index >= 15 is 0 Å². The van der Waals surface area contributed by atoms with Gasteiger partial charge in [-0.25, -0.2) is 4.98 Å². The highest BCUT2D eigenvalue weighted by molar-refractivity contribution is 6.30. The first-order valence-corrected chi connectivity index (χ1v) is 8.57. The Bertz CT molecular complexity index is 684. The van der Waals surface area contributed by atoms with Crippen LogP contribution in [0.3, 0.4) is 0 Å². The number of nitrogens with two attached hydrogens (primary N) is 1. The number of benzene rings is 1. The third-order valence-electron chi connectivity index (χ3n) is 4.45. The van der Waals surface area contributed by atoms with E-state index in [1.165, 1.54) is 0 Å². The molecule has 1 amide bonds. The van der Waals surface area contributed by atoms with E-state index in [9.17, 15) is 4.79 Å². The van der Waals surface area contributed by atoms with Gasteiger partial charge in [-0.2, -0.15) is 0 Å². The molecule has 4 unspecified atom stereocenters. The Balaban J connectivity index is 2.03. The fourth-order valence-corrected chi connectivity index (χ4v) is 4.22. The number of piperidine rings is 1. The molecule has 1 saturated heterocycles. The highest BCUT2D eigenvalue weighted by atomic mass is 35.5. The summed E-state index contributed by atoms with van der Waals surface area (Å²) in [6, 6.07) is 7.85. The van der Waals surface area contributed by atoms with Crippen LogP contribution in [0.4, 0.5) is 0 Å². The van der Waals surface area contributed by atoms with E-state index in [0.29, 0.717) is 6.42 Å². The van der Waals surface area contributed by atoms with Crippen molar-refractivity contribution < 1.29 is 4.79 Å². The third kappa shape index (κ3) is 2.93. The molecule has 1 aromatic carbocycles. The molecule has 124 valence electrons. The smallest absolute Gasteiger partial charge is 0.222 e. The lowest BCUT2D eigenvalue weighted by atomic mass is 9.88. The first kappa shape index (κ1) is 16.6. The number of primary amides is 1. The number of nitrogens with one attached hydrogen (secondary N) is 1. The number of rotatable bonds is 3. The number of H-pyrrole nitrogens is 1. The van der Waals surface area contributed by atoms with Crippen molar-refractivity contribution in [2.45, 2.75) is 43.2 Å². The van der Waals surface area contributed by atoms with Crippen LogP contribution < -0.4 is 5.73 Å². The maximum atomic E-state index is 11.8. The summed E-state index contributed by atoms with van der Waals surface area (Å²) in [6.07, 6.45) is 0.505. The van der Waals surface area contributed by atoms with Crippen LogP contribution >= 0.6 is 23.2 Å². The number of fused-ring (bicyclic) bond motifs is 1. The van der Waals surface area contributed by atoms with Gasteiger partial charge in [0.2, 0.25) is 5.91 Å². The number of nitrogens with zero attached hydrogens (tertiary/aromatic N) is 2. The van der Waals surface area contributed by atoms with Gasteiger partial charge in [0, 0.05) is 6.04 Å². The molecular weight excluding hydrogens is 335 g/mol. The molecule has 3 rings (SSSR count). The van der Waals surface area contributed by atoms with Gasteiger partial charge in [0.1, 0.15) is 11.3 Å². The number of alkyl halides is 2. The van der Waals surface area contributed by atoms with Gasteiger partial charge >= 0.3 is 0 Å². The van der Waals surface area contributed by atoms with Crippen molar-refractivity contribution in [1.29, 1.82) is 0 Å². The third-order valence-corrected chi connectivity index (χ3v) is 5.62. The van der Waals surface area contributed by atoms with Gasteiger partial charge in [0.05, 0.1) is 28.4 Å². The highest BCUT2D eigenvalue weighted by Gasteiger charge is 2.46. The zero-order chi connectivity index (χ0) is 16.7. The molecule has 7 heteroatoms. The Morgan fingerprint density at radius 2 is 2.09 bits per heavy atom. The second-order valence-corrected chi connectivity index (χ2v) is 7.21. The SMILES string of the molecule is CC(C)N1C(c2nc3ccccc3[nH]2)CC(C(N)=O)C(Cl)C1Cl. The summed E-state index contributed by atoms with van der Waals surface area (Å²) < 4.78 is 0. The fourth-order valence-electron chi connectivity index (χ4n) is 3.32. The lowest BCUT2D eigenvalue weighted by Gasteiger charge is -2.45. The summed E-state index contributed by atoms with van der Waals surface area (Å²) in [5, 5.41) is -0.516. The summed E-state index contributed by atoms with van der Waals surface area (Å²) in [4.78, 5) is 21.9. The topological polar surface area (TPSA) is 75.0 Å². The van der Waals surface area contributed by atoms with Gasteiger partial charge in [-0.05, 0) is 32.4 Å². The van der Waals surface area contributed by atoms with E-state index in [1.807, 2.05) is 24.3 Å². The molecule has 0 radical (unpaired) electrons. The van der Waals surface area contributed by atoms with Crippen molar-refractivity contribution in [3.8, 4) is 0 Å². The van der Waals surface area contributed by atoms with E-state index < -0.39 is 22.7 Å². The zero-order valence-electron chi connectivity index (χ0n) is 13.0. The lowest BCUT2D eigenvalue weighted by Crippen LogP contribution is -2.54. The minimum absolute atomic E-state index is 0.127. The van der Waals surface area contributed by atoms with Crippen molar-refractivity contribution in [2.75, 3.05) is 0 Å². The largest absolute Gasteiger partial charge is 0.369 e. The summed E-state index contributed by atoms with van der Waals surface area (Å²) in [6.45, 7) is 4.11. The molecule has 1 aliphatic heterocycles. The minimum Gasteiger partial charge on any atom is -0.369 e. The van der Waals surface area contributed by atoms with Crippen molar-refractivity contribution in [2.24, 2.45) is 11.7 Å². The van der Waals surface area contributed by atoms with Crippen LogP contribution in [0.5, 0.6) is 0 Å². The van der Waals surface area contributed by atoms with Crippen LogP contribution in [0.1, 0.15) is 32.1 Å². The zero-order valence-corrected chi connectivity index (χ0v) is 14.6. The summed E-state index contributed by atoms with van der Waals surface area (Å²) >= 11 is 12.9. The van der Waals surface area contributed by atoms with Crippen molar-refractivity contribution in [3.63, 3.8) is 0 Å². The molecule has 1 fully saturated rings. The predicted octanol–water partition coefficient (Wildman–Crippen LogP) is 2.99. The number of amides is 1. The first-order valence-electron chi connectivity index (χ1n) is 7.69. The van der Waals surface area contributed by atoms with Gasteiger partial charge in [-0.1, -0.05) is 12.1 Å². The summed E-state index contributed by atoms with van der Waals surface area (Å²) in [5.74, 6) is -0.104. The Morgan fingerprint density at radius 1 is 1.39 bits per heavy atom. The minimum atomic E-state index is -0.516. The number of hydrogen-bond acceptors (Lipinski definition) is 3. The molecule has 1 aromatic heterocycles. The Hall–Kier alpha value is -1.30. The molecule has 0 saturated carbocycles. The van der Waals surface area contributed by atoms with E-state index in [-0.39, 0.29) is 12.1 Å². The van der Waals surface area contributed by atoms with E-state index in [1.54, 1.807) is 0 Å². The number of aromatic nitrogens is 2. The van der Waals surface area contributed by atoms with E-state index in [4.69, 9.17) is 28.9 Å². The van der Waals surface area contributed by atoms with Gasteiger partial charge < -0.3 is 10.7 Å². The number of imidazole rings is 1. The quantitative estimate of drug-likeness (QED) is 0.657. The van der Waals surface area contributed by atoms with Crippen LogP contribution in [0.2, 0.25) is 0 Å². The van der Waals surface area contributed by atoms with Gasteiger partial charge in [0.15, 0.2) is 0 Å². The number of aromatic amines is 1. The number of halogens is 2. The Kier molecular flexibility index (Phi) is 4.54. The second kappa shape index (κ2) is 6.30. The predicted molar refractivity (Wildman–Crippen MR) is 92.4 cm³/mol. The molecule has 1 aliphatic rings. The average molecular weight is 355 g/mol. The van der Waals surface area contributed by atoms with E-state index in [0.717, 1.165) is 16.9 Å². The molecule has 4 atom stereocenters. The summed E-state index contributed by atoms with van der Waals surface area (Å²) in [5.41, 5.74) is 6.89. The van der Waals surface area contributed by atoms with E-state index in [2.05, 4.69) is 28.7 Å². The van der Waals surface area contributed by atoms with Crippen LogP contribution in [-0.2, 0) is 4.79 Å². The molecule has 5 nitrogen and oxygen atoms in total. The summed E-state index contributed by atoms with van der Waals surface area (Å²) in [7, 11) is 0. The van der Waals surface area contributed by atoms with Crippen molar-refractivity contribution in [3.05, 3.63) is 30.1 Å². The monoisotopic (exact) mass is 354 g/mol. The molecular formula is C16H20Cl2N4O. The second-order valence-electron chi connectivity index (χ2n) is 6.26. The first-order chi connectivity index (χ1) is 10.9. The standard InChI is InChI=1S/C16H20Cl2N4O/c1-8(2)22-12(7-9(15(19)23)13(17)14(22)18)16-20-10-5-3-4-6-11(10)21-16/h3-6,8-9,12-14H,7H2,1-2H3,(H2,19,23)(H,20,21). The number of carbonyl (C=O) groups excluding carboxylic acids is 1. The maximum absolute atomic E-state index is 11.8. The average Bonchev–Trinajstić information content (AvgIpc) is 2.92. The highest BCUT2D eigenvalue weighted by Crippen LogP contribution is 2.42. The molecule has 0 spiro atoms. The van der Waals surface area contributed by atoms with Crippen molar-refractivity contribution >= 4 is 40.1 Å². The van der Waals surface area contributed by atoms with Crippen LogP contribution in [-0.4, -0.2) is 37.7 Å². The number of likely N-dealkylation sites (tertiary alicyclic amines) is 1. The normalized spacial score (nSPS) is 29.3.